The van der Waals surface area contributed by atoms with E-state index in [1.165, 1.54) is 19.3 Å². The fourth-order valence-electron chi connectivity index (χ4n) is 3.29. The number of rotatable bonds is 4. The lowest BCUT2D eigenvalue weighted by atomic mass is 9.89. The Morgan fingerprint density at radius 2 is 2.14 bits per heavy atom. The number of aromatic nitrogens is 2. The van der Waals surface area contributed by atoms with Crippen molar-refractivity contribution in [1.29, 1.82) is 0 Å². The highest BCUT2D eigenvalue weighted by atomic mass is 35.5. The van der Waals surface area contributed by atoms with Crippen LogP contribution in [0.5, 0.6) is 0 Å². The molecule has 0 saturated heterocycles. The summed E-state index contributed by atoms with van der Waals surface area (Å²) < 4.78 is 20.4. The standard InChI is InChI=1S/C16H20ClFN2O2/c17-13-7-4-8-14(18)12(13)9-15-19-22-16(21)20(15)10-11-5-2-1-3-6-11/h4,7,11,14H,1-3,5-6,8-10H2. The molecule has 0 aromatic carbocycles. The Hall–Kier alpha value is -1.36. The second-order valence-electron chi connectivity index (χ2n) is 6.13. The minimum atomic E-state index is -1.12. The van der Waals surface area contributed by atoms with Gasteiger partial charge in [0.05, 0.1) is 0 Å². The van der Waals surface area contributed by atoms with Crippen LogP contribution in [0.2, 0.25) is 0 Å². The van der Waals surface area contributed by atoms with Crippen LogP contribution in [0.1, 0.15) is 44.3 Å². The van der Waals surface area contributed by atoms with Crippen LogP contribution >= 0.6 is 11.6 Å². The average molecular weight is 327 g/mol. The van der Waals surface area contributed by atoms with Crippen LogP contribution < -0.4 is 5.76 Å². The van der Waals surface area contributed by atoms with E-state index in [0.29, 0.717) is 35.3 Å². The van der Waals surface area contributed by atoms with Gasteiger partial charge in [0.15, 0.2) is 5.82 Å². The van der Waals surface area contributed by atoms with E-state index in [1.807, 2.05) is 0 Å². The first-order valence-corrected chi connectivity index (χ1v) is 8.27. The van der Waals surface area contributed by atoms with Crippen LogP contribution in [0.3, 0.4) is 0 Å². The highest BCUT2D eigenvalue weighted by molar-refractivity contribution is 6.31. The first kappa shape index (κ1) is 15.5. The lowest BCUT2D eigenvalue weighted by Gasteiger charge is -2.22. The number of hydrogen-bond acceptors (Lipinski definition) is 3. The Morgan fingerprint density at radius 1 is 1.36 bits per heavy atom. The number of nitrogens with zero attached hydrogens (tertiary/aromatic N) is 2. The molecule has 1 aromatic rings. The SMILES string of the molecule is O=c1onc(CC2=C(Cl)C=CCC2F)n1CC1CCCCC1. The molecule has 1 aromatic heterocycles. The second kappa shape index (κ2) is 6.82. The lowest BCUT2D eigenvalue weighted by Crippen LogP contribution is -2.24. The Kier molecular flexibility index (Phi) is 4.81. The Balaban J connectivity index is 1.80. The van der Waals surface area contributed by atoms with Gasteiger partial charge in [0, 0.05) is 24.4 Å². The lowest BCUT2D eigenvalue weighted by molar-refractivity contribution is 0.303. The molecular weight excluding hydrogens is 307 g/mol. The summed E-state index contributed by atoms with van der Waals surface area (Å²) in [5.74, 6) is 0.488. The van der Waals surface area contributed by atoms with Crippen molar-refractivity contribution in [3.63, 3.8) is 0 Å². The van der Waals surface area contributed by atoms with Crippen molar-refractivity contribution in [2.75, 3.05) is 0 Å². The van der Waals surface area contributed by atoms with Gasteiger partial charge in [-0.3, -0.25) is 9.09 Å². The predicted octanol–water partition coefficient (Wildman–Crippen LogP) is 3.75. The van der Waals surface area contributed by atoms with Crippen molar-refractivity contribution in [3.05, 3.63) is 39.1 Å². The number of hydrogen-bond donors (Lipinski definition) is 0. The summed E-state index contributed by atoms with van der Waals surface area (Å²) in [6, 6.07) is 0. The summed E-state index contributed by atoms with van der Waals surface area (Å²) in [5, 5.41) is 4.24. The molecule has 4 nitrogen and oxygen atoms in total. The zero-order valence-electron chi connectivity index (χ0n) is 12.4. The van der Waals surface area contributed by atoms with Crippen LogP contribution in [0, 0.1) is 5.92 Å². The smallest absolute Gasteiger partial charge is 0.296 e. The molecule has 1 heterocycles. The van der Waals surface area contributed by atoms with Gasteiger partial charge in [0.2, 0.25) is 0 Å². The van der Waals surface area contributed by atoms with E-state index < -0.39 is 11.9 Å². The molecule has 2 aliphatic carbocycles. The van der Waals surface area contributed by atoms with Crippen LogP contribution in [-0.4, -0.2) is 15.9 Å². The molecule has 0 aliphatic heterocycles. The molecule has 1 fully saturated rings. The molecule has 0 bridgehead atoms. The van der Waals surface area contributed by atoms with Gasteiger partial charge in [-0.25, -0.2) is 9.18 Å². The largest absolute Gasteiger partial charge is 0.441 e. The first-order valence-electron chi connectivity index (χ1n) is 7.89. The summed E-state index contributed by atoms with van der Waals surface area (Å²) in [4.78, 5) is 11.9. The molecule has 0 spiro atoms. The van der Waals surface area contributed by atoms with Crippen molar-refractivity contribution in [1.82, 2.24) is 9.72 Å². The van der Waals surface area contributed by atoms with E-state index in [-0.39, 0.29) is 6.42 Å². The maximum Gasteiger partial charge on any atom is 0.441 e. The van der Waals surface area contributed by atoms with Crippen LogP contribution in [-0.2, 0) is 13.0 Å². The molecule has 3 rings (SSSR count). The molecule has 0 radical (unpaired) electrons. The van der Waals surface area contributed by atoms with Gasteiger partial charge in [-0.1, -0.05) is 42.1 Å². The van der Waals surface area contributed by atoms with Crippen molar-refractivity contribution in [2.24, 2.45) is 5.92 Å². The maximum absolute atomic E-state index is 14.0. The summed E-state index contributed by atoms with van der Waals surface area (Å²) in [6.45, 7) is 0.607. The Labute approximate surface area is 133 Å². The maximum atomic E-state index is 14.0. The Morgan fingerprint density at radius 3 is 2.86 bits per heavy atom. The number of allylic oxidation sites excluding steroid dienone is 4. The van der Waals surface area contributed by atoms with Crippen molar-refractivity contribution >= 4 is 11.6 Å². The minimum absolute atomic E-state index is 0.225. The van der Waals surface area contributed by atoms with Gasteiger partial charge < -0.3 is 0 Å². The molecule has 1 atom stereocenters. The molecule has 120 valence electrons. The van der Waals surface area contributed by atoms with E-state index in [1.54, 1.807) is 16.7 Å². The minimum Gasteiger partial charge on any atom is -0.296 e. The van der Waals surface area contributed by atoms with E-state index in [4.69, 9.17) is 16.1 Å². The molecule has 0 N–H and O–H groups in total. The highest BCUT2D eigenvalue weighted by Crippen LogP contribution is 2.28. The third-order valence-corrected chi connectivity index (χ3v) is 4.94. The van der Waals surface area contributed by atoms with Gasteiger partial charge in [0.1, 0.15) is 6.17 Å². The molecule has 2 aliphatic rings. The average Bonchev–Trinajstić information content (AvgIpc) is 2.85. The fourth-order valence-corrected chi connectivity index (χ4v) is 3.56. The third-order valence-electron chi connectivity index (χ3n) is 4.57. The van der Waals surface area contributed by atoms with Crippen LogP contribution in [0.25, 0.3) is 0 Å². The van der Waals surface area contributed by atoms with Gasteiger partial charge in [-0.2, -0.15) is 0 Å². The summed E-state index contributed by atoms with van der Waals surface area (Å²) in [6.07, 6.45) is 8.75. The molecule has 6 heteroatoms. The summed E-state index contributed by atoms with van der Waals surface area (Å²) in [7, 11) is 0. The first-order chi connectivity index (χ1) is 10.6. The van der Waals surface area contributed by atoms with E-state index in [9.17, 15) is 9.18 Å². The van der Waals surface area contributed by atoms with Crippen molar-refractivity contribution in [2.45, 2.75) is 57.7 Å². The van der Waals surface area contributed by atoms with Crippen LogP contribution in [0.4, 0.5) is 4.39 Å². The predicted molar refractivity (Wildman–Crippen MR) is 82.6 cm³/mol. The zero-order valence-corrected chi connectivity index (χ0v) is 13.2. The molecule has 0 amide bonds. The Bertz CT molecular complexity index is 641. The quantitative estimate of drug-likeness (QED) is 0.846. The molecule has 22 heavy (non-hydrogen) atoms. The van der Waals surface area contributed by atoms with E-state index in [0.717, 1.165) is 12.8 Å². The normalized spacial score (nSPS) is 23.3. The van der Waals surface area contributed by atoms with Crippen LogP contribution in [0.15, 0.2) is 32.1 Å². The van der Waals surface area contributed by atoms with Gasteiger partial charge in [0.25, 0.3) is 0 Å². The van der Waals surface area contributed by atoms with Crippen molar-refractivity contribution in [3.8, 4) is 0 Å². The van der Waals surface area contributed by atoms with Gasteiger partial charge in [-0.05, 0) is 30.4 Å². The number of halogens is 2. The van der Waals surface area contributed by atoms with Crippen molar-refractivity contribution < 1.29 is 8.91 Å². The zero-order chi connectivity index (χ0) is 15.5. The highest BCUT2D eigenvalue weighted by Gasteiger charge is 2.24. The topological polar surface area (TPSA) is 48.0 Å². The molecule has 1 saturated carbocycles. The summed E-state index contributed by atoms with van der Waals surface area (Å²) in [5.41, 5.74) is 0.481. The van der Waals surface area contributed by atoms with E-state index in [2.05, 4.69) is 5.16 Å². The third kappa shape index (κ3) is 3.35. The van der Waals surface area contributed by atoms with E-state index >= 15 is 0 Å². The fraction of sp³-hybridized carbons (Fsp3) is 0.625. The number of alkyl halides is 1. The van der Waals surface area contributed by atoms with Gasteiger partial charge in [-0.15, -0.1) is 0 Å². The summed E-state index contributed by atoms with van der Waals surface area (Å²) >= 11 is 6.09. The second-order valence-corrected chi connectivity index (χ2v) is 6.54. The monoisotopic (exact) mass is 326 g/mol. The van der Waals surface area contributed by atoms with Gasteiger partial charge >= 0.3 is 5.76 Å². The molecular formula is C16H20ClFN2O2. The molecule has 1 unspecified atom stereocenters.